The van der Waals surface area contributed by atoms with Gasteiger partial charge in [0.15, 0.2) is 6.10 Å². The highest BCUT2D eigenvalue weighted by molar-refractivity contribution is 6.00. The minimum Gasteiger partial charge on any atom is -0.466 e. The largest absolute Gasteiger partial charge is 0.466 e. The highest BCUT2D eigenvalue weighted by Gasteiger charge is 2.39. The van der Waals surface area contributed by atoms with Crippen LogP contribution in [0.15, 0.2) is 47.2 Å². The molecule has 1 unspecified atom stereocenters. The van der Waals surface area contributed by atoms with Crippen LogP contribution in [0.4, 0.5) is 13.6 Å². The van der Waals surface area contributed by atoms with Gasteiger partial charge in [-0.3, -0.25) is 4.57 Å². The number of aliphatic hydroxyl groups excluding tert-OH is 1. The lowest BCUT2D eigenvalue weighted by atomic mass is 10.0. The van der Waals surface area contributed by atoms with Crippen molar-refractivity contribution in [1.82, 2.24) is 4.57 Å². The normalized spacial score (nSPS) is 13.7. The van der Waals surface area contributed by atoms with E-state index in [2.05, 4.69) is 0 Å². The van der Waals surface area contributed by atoms with Crippen LogP contribution in [-0.4, -0.2) is 27.3 Å². The van der Waals surface area contributed by atoms with Crippen molar-refractivity contribution in [1.29, 1.82) is 0 Å². The number of carbonyl (C=O) groups is 1. The number of rotatable bonds is 4. The Morgan fingerprint density at radius 3 is 2.61 bits per heavy atom. The molecule has 0 fully saturated rings. The number of fused-ring (bicyclic) bond motifs is 1. The van der Waals surface area contributed by atoms with Crippen molar-refractivity contribution in [3.05, 3.63) is 48.6 Å². The minimum absolute atomic E-state index is 0.226. The number of nitrogens with zero attached hydrogens (tertiary/aromatic N) is 1. The molecule has 0 bridgehead atoms. The first-order chi connectivity index (χ1) is 13.0. The van der Waals surface area contributed by atoms with Crippen molar-refractivity contribution >= 4 is 17.0 Å². The number of para-hydroxylation sites is 1. The molecular weight excluding hydrogens is 368 g/mol. The van der Waals surface area contributed by atoms with E-state index >= 15 is 0 Å². The lowest BCUT2D eigenvalue weighted by Crippen LogP contribution is -2.26. The molecule has 2 heterocycles. The Morgan fingerprint density at radius 1 is 1.29 bits per heavy atom. The van der Waals surface area contributed by atoms with E-state index in [1.807, 2.05) is 12.1 Å². The van der Waals surface area contributed by atoms with Gasteiger partial charge in [0.2, 0.25) is 0 Å². The van der Waals surface area contributed by atoms with Crippen LogP contribution in [0.2, 0.25) is 0 Å². The summed E-state index contributed by atoms with van der Waals surface area (Å²) in [5.41, 5.74) is 1.05. The standard InChI is InChI=1S/C21H23F2NO4/c1-5-21(22,23)18(25)17-10-13(12-27-17)15-11-24(19(26)28-20(2,3)4)16-9-7-6-8-14(15)16/h6-12,18,25H,5H2,1-4H3. The van der Waals surface area contributed by atoms with Gasteiger partial charge in [0.05, 0.1) is 11.8 Å². The molecule has 0 aliphatic rings. The number of alkyl halides is 2. The minimum atomic E-state index is -3.29. The molecule has 0 saturated carbocycles. The van der Waals surface area contributed by atoms with Gasteiger partial charge in [0, 0.05) is 29.1 Å². The summed E-state index contributed by atoms with van der Waals surface area (Å²) in [6.45, 7) is 6.61. The summed E-state index contributed by atoms with van der Waals surface area (Å²) in [7, 11) is 0. The molecule has 5 nitrogen and oxygen atoms in total. The van der Waals surface area contributed by atoms with Gasteiger partial charge in [-0.05, 0) is 32.9 Å². The van der Waals surface area contributed by atoms with E-state index in [1.165, 1.54) is 23.8 Å². The zero-order valence-corrected chi connectivity index (χ0v) is 16.2. The molecule has 3 aromatic rings. The van der Waals surface area contributed by atoms with E-state index in [0.29, 0.717) is 16.6 Å². The summed E-state index contributed by atoms with van der Waals surface area (Å²) in [5.74, 6) is -3.52. The van der Waals surface area contributed by atoms with Crippen LogP contribution in [0.3, 0.4) is 0 Å². The van der Waals surface area contributed by atoms with Gasteiger partial charge in [0.25, 0.3) is 5.92 Å². The van der Waals surface area contributed by atoms with Crippen LogP contribution in [0.5, 0.6) is 0 Å². The monoisotopic (exact) mass is 391 g/mol. The quantitative estimate of drug-likeness (QED) is 0.614. The summed E-state index contributed by atoms with van der Waals surface area (Å²) in [6.07, 6.45) is -0.215. The van der Waals surface area contributed by atoms with E-state index in [4.69, 9.17) is 9.15 Å². The Balaban J connectivity index is 2.05. The van der Waals surface area contributed by atoms with Crippen molar-refractivity contribution in [3.8, 4) is 11.1 Å². The zero-order valence-electron chi connectivity index (χ0n) is 16.2. The van der Waals surface area contributed by atoms with Crippen molar-refractivity contribution in [2.45, 2.75) is 51.7 Å². The first kappa shape index (κ1) is 20.1. The Morgan fingerprint density at radius 2 is 1.96 bits per heavy atom. The number of aromatic nitrogens is 1. The number of hydrogen-bond acceptors (Lipinski definition) is 4. The average Bonchev–Trinajstić information content (AvgIpc) is 3.24. The number of benzene rings is 1. The molecular formula is C21H23F2NO4. The Labute approximate surface area is 161 Å². The molecule has 0 amide bonds. The number of halogens is 2. The third-order valence-electron chi connectivity index (χ3n) is 4.37. The first-order valence-corrected chi connectivity index (χ1v) is 9.01. The fourth-order valence-corrected chi connectivity index (χ4v) is 2.91. The second-order valence-corrected chi connectivity index (χ2v) is 7.67. The maximum absolute atomic E-state index is 13.8. The van der Waals surface area contributed by atoms with Crippen LogP contribution in [0.25, 0.3) is 22.0 Å². The number of aliphatic hydroxyl groups is 1. The Bertz CT molecular complexity index is 997. The van der Waals surface area contributed by atoms with Crippen molar-refractivity contribution in [2.24, 2.45) is 0 Å². The van der Waals surface area contributed by atoms with Crippen molar-refractivity contribution < 1.29 is 27.8 Å². The highest BCUT2D eigenvalue weighted by Crippen LogP contribution is 2.38. The second-order valence-electron chi connectivity index (χ2n) is 7.67. The molecule has 150 valence electrons. The molecule has 1 atom stereocenters. The van der Waals surface area contributed by atoms with Crippen LogP contribution in [-0.2, 0) is 4.74 Å². The topological polar surface area (TPSA) is 64.6 Å². The van der Waals surface area contributed by atoms with Gasteiger partial charge in [-0.25, -0.2) is 13.6 Å². The molecule has 0 spiro atoms. The van der Waals surface area contributed by atoms with Crippen LogP contribution >= 0.6 is 0 Å². The van der Waals surface area contributed by atoms with Gasteiger partial charge in [-0.15, -0.1) is 0 Å². The van der Waals surface area contributed by atoms with Crippen LogP contribution in [0.1, 0.15) is 46.0 Å². The predicted octanol–water partition coefficient (Wildman–Crippen LogP) is 5.76. The highest BCUT2D eigenvalue weighted by atomic mass is 19.3. The lowest BCUT2D eigenvalue weighted by Gasteiger charge is -2.19. The predicted molar refractivity (Wildman–Crippen MR) is 101 cm³/mol. The summed E-state index contributed by atoms with van der Waals surface area (Å²) >= 11 is 0. The molecule has 7 heteroatoms. The molecule has 0 aliphatic carbocycles. The number of hydrogen-bond donors (Lipinski definition) is 1. The van der Waals surface area contributed by atoms with Gasteiger partial charge in [0.1, 0.15) is 11.4 Å². The Kier molecular flexibility index (Phi) is 5.06. The van der Waals surface area contributed by atoms with E-state index in [9.17, 15) is 18.7 Å². The van der Waals surface area contributed by atoms with Gasteiger partial charge < -0.3 is 14.3 Å². The summed E-state index contributed by atoms with van der Waals surface area (Å²) in [6, 6.07) is 8.56. The number of carbonyl (C=O) groups excluding carboxylic acids is 1. The SMILES string of the molecule is CCC(F)(F)C(O)c1cc(-c2cn(C(=O)OC(C)(C)C)c3ccccc23)co1. The molecule has 1 aromatic carbocycles. The summed E-state index contributed by atoms with van der Waals surface area (Å²) in [5, 5.41) is 10.7. The Hall–Kier alpha value is -2.67. The molecule has 0 radical (unpaired) electrons. The zero-order chi connectivity index (χ0) is 20.7. The summed E-state index contributed by atoms with van der Waals surface area (Å²) in [4.78, 5) is 12.6. The molecule has 2 aromatic heterocycles. The van der Waals surface area contributed by atoms with Gasteiger partial charge in [-0.1, -0.05) is 25.1 Å². The van der Waals surface area contributed by atoms with Crippen molar-refractivity contribution in [2.75, 3.05) is 0 Å². The fraction of sp³-hybridized carbons (Fsp3) is 0.381. The number of ether oxygens (including phenoxy) is 1. The van der Waals surface area contributed by atoms with Gasteiger partial charge >= 0.3 is 6.09 Å². The van der Waals surface area contributed by atoms with Crippen LogP contribution in [0, 0.1) is 0 Å². The molecule has 0 saturated heterocycles. The van der Waals surface area contributed by atoms with Gasteiger partial charge in [-0.2, -0.15) is 0 Å². The number of furan rings is 1. The maximum Gasteiger partial charge on any atom is 0.419 e. The second kappa shape index (κ2) is 7.05. The fourth-order valence-electron chi connectivity index (χ4n) is 2.91. The van der Waals surface area contributed by atoms with E-state index in [-0.39, 0.29) is 5.76 Å². The lowest BCUT2D eigenvalue weighted by molar-refractivity contribution is -0.120. The molecule has 3 rings (SSSR count). The van der Waals surface area contributed by atoms with Crippen LogP contribution < -0.4 is 0 Å². The third kappa shape index (κ3) is 3.80. The smallest absolute Gasteiger partial charge is 0.419 e. The maximum atomic E-state index is 13.8. The molecule has 28 heavy (non-hydrogen) atoms. The van der Waals surface area contributed by atoms with E-state index in [1.54, 1.807) is 39.1 Å². The first-order valence-electron chi connectivity index (χ1n) is 9.01. The van der Waals surface area contributed by atoms with Crippen molar-refractivity contribution in [3.63, 3.8) is 0 Å². The summed E-state index contributed by atoms with van der Waals surface area (Å²) < 4.78 is 39.6. The average molecular weight is 391 g/mol. The van der Waals surface area contributed by atoms with E-state index in [0.717, 1.165) is 5.39 Å². The third-order valence-corrected chi connectivity index (χ3v) is 4.37. The molecule has 0 aliphatic heterocycles. The molecule has 1 N–H and O–H groups in total. The van der Waals surface area contributed by atoms with E-state index < -0.39 is 30.1 Å².